The van der Waals surface area contributed by atoms with Gasteiger partial charge < -0.3 is 15.0 Å². The van der Waals surface area contributed by atoms with E-state index in [-0.39, 0.29) is 12.0 Å². The molecule has 2 heterocycles. The number of hydrogen-bond acceptors (Lipinski definition) is 5. The molecule has 2 atom stereocenters. The van der Waals surface area contributed by atoms with Crippen LogP contribution in [0.1, 0.15) is 37.6 Å². The second-order valence-corrected chi connectivity index (χ2v) is 6.04. The minimum absolute atomic E-state index is 0.00746. The van der Waals surface area contributed by atoms with Gasteiger partial charge in [-0.05, 0) is 20.8 Å². The standard InChI is InChI=1S/C14H23N3O2S/c1-4-19-11(3)14-16-12(9-20-14)7-13(18)17-6-5-15-10(2)8-17/h9-11,15H,4-8H2,1-3H3/t10-,11+/m1/s1. The fourth-order valence-electron chi connectivity index (χ4n) is 2.34. The fourth-order valence-corrected chi connectivity index (χ4v) is 3.16. The van der Waals surface area contributed by atoms with E-state index < -0.39 is 0 Å². The lowest BCUT2D eigenvalue weighted by atomic mass is 10.2. The summed E-state index contributed by atoms with van der Waals surface area (Å²) in [4.78, 5) is 18.7. The molecule has 1 aliphatic rings. The fraction of sp³-hybridized carbons (Fsp3) is 0.714. The zero-order valence-electron chi connectivity index (χ0n) is 12.4. The zero-order valence-corrected chi connectivity index (χ0v) is 13.2. The molecule has 0 saturated carbocycles. The van der Waals surface area contributed by atoms with Gasteiger partial charge in [0.15, 0.2) is 0 Å². The molecule has 1 aromatic heterocycles. The highest BCUT2D eigenvalue weighted by molar-refractivity contribution is 7.09. The van der Waals surface area contributed by atoms with Crippen molar-refractivity contribution in [3.8, 4) is 0 Å². The van der Waals surface area contributed by atoms with E-state index in [9.17, 15) is 4.79 Å². The van der Waals surface area contributed by atoms with Gasteiger partial charge in [0.25, 0.3) is 0 Å². The van der Waals surface area contributed by atoms with Gasteiger partial charge in [0.1, 0.15) is 11.1 Å². The maximum atomic E-state index is 12.2. The molecule has 112 valence electrons. The van der Waals surface area contributed by atoms with Crippen LogP contribution in [0.25, 0.3) is 0 Å². The van der Waals surface area contributed by atoms with Gasteiger partial charge in [-0.1, -0.05) is 0 Å². The Balaban J connectivity index is 1.91. The molecule has 0 bridgehead atoms. The molecule has 20 heavy (non-hydrogen) atoms. The summed E-state index contributed by atoms with van der Waals surface area (Å²) in [6.45, 7) is 9.18. The van der Waals surface area contributed by atoms with Crippen LogP contribution < -0.4 is 5.32 Å². The summed E-state index contributed by atoms with van der Waals surface area (Å²) in [5.74, 6) is 0.166. The number of nitrogens with zero attached hydrogens (tertiary/aromatic N) is 2. The third-order valence-corrected chi connectivity index (χ3v) is 4.44. The van der Waals surface area contributed by atoms with E-state index in [1.807, 2.05) is 24.1 Å². The molecule has 0 radical (unpaired) electrons. The van der Waals surface area contributed by atoms with Crippen molar-refractivity contribution in [2.75, 3.05) is 26.2 Å². The van der Waals surface area contributed by atoms with E-state index in [2.05, 4.69) is 17.2 Å². The summed E-state index contributed by atoms with van der Waals surface area (Å²) < 4.78 is 5.52. The SMILES string of the molecule is CCO[C@@H](C)c1nc(CC(=O)N2CCN[C@H](C)C2)cs1. The van der Waals surface area contributed by atoms with Crippen molar-refractivity contribution >= 4 is 17.2 Å². The minimum atomic E-state index is 0.00746. The third kappa shape index (κ3) is 4.01. The van der Waals surface area contributed by atoms with Crippen molar-refractivity contribution in [3.63, 3.8) is 0 Å². The van der Waals surface area contributed by atoms with E-state index in [0.29, 0.717) is 19.1 Å². The maximum Gasteiger partial charge on any atom is 0.228 e. The molecule has 1 aliphatic heterocycles. The summed E-state index contributed by atoms with van der Waals surface area (Å²) in [7, 11) is 0. The van der Waals surface area contributed by atoms with Crippen LogP contribution in [-0.2, 0) is 16.0 Å². The Bertz CT molecular complexity index is 449. The lowest BCUT2D eigenvalue weighted by Crippen LogP contribution is -2.51. The zero-order chi connectivity index (χ0) is 14.5. The third-order valence-electron chi connectivity index (χ3n) is 3.39. The Morgan fingerprint density at radius 2 is 2.50 bits per heavy atom. The van der Waals surface area contributed by atoms with Crippen LogP contribution in [0.3, 0.4) is 0 Å². The lowest BCUT2D eigenvalue weighted by Gasteiger charge is -2.31. The highest BCUT2D eigenvalue weighted by Gasteiger charge is 2.21. The van der Waals surface area contributed by atoms with Crippen molar-refractivity contribution in [3.05, 3.63) is 16.1 Å². The molecule has 0 aromatic carbocycles. The smallest absolute Gasteiger partial charge is 0.228 e. The quantitative estimate of drug-likeness (QED) is 0.897. The first-order valence-electron chi connectivity index (χ1n) is 7.17. The number of aromatic nitrogens is 1. The van der Waals surface area contributed by atoms with Crippen LogP contribution in [0.15, 0.2) is 5.38 Å². The van der Waals surface area contributed by atoms with Crippen molar-refractivity contribution in [2.45, 2.75) is 39.3 Å². The first kappa shape index (κ1) is 15.4. The van der Waals surface area contributed by atoms with E-state index in [4.69, 9.17) is 4.74 Å². The molecule has 6 heteroatoms. The summed E-state index contributed by atoms with van der Waals surface area (Å²) in [6.07, 6.45) is 0.398. The Kier molecular flexibility index (Phi) is 5.51. The number of rotatable bonds is 5. The molecule has 1 saturated heterocycles. The lowest BCUT2D eigenvalue weighted by molar-refractivity contribution is -0.131. The van der Waals surface area contributed by atoms with Crippen molar-refractivity contribution in [1.29, 1.82) is 0 Å². The van der Waals surface area contributed by atoms with Crippen molar-refractivity contribution in [1.82, 2.24) is 15.2 Å². The van der Waals surface area contributed by atoms with Crippen LogP contribution in [0, 0.1) is 0 Å². The van der Waals surface area contributed by atoms with Crippen LogP contribution in [-0.4, -0.2) is 48.1 Å². The van der Waals surface area contributed by atoms with Crippen LogP contribution in [0.2, 0.25) is 0 Å². The van der Waals surface area contributed by atoms with Gasteiger partial charge in [0.2, 0.25) is 5.91 Å². The van der Waals surface area contributed by atoms with Gasteiger partial charge in [-0.2, -0.15) is 0 Å². The highest BCUT2D eigenvalue weighted by atomic mass is 32.1. The molecule has 1 amide bonds. The second kappa shape index (κ2) is 7.15. The Morgan fingerprint density at radius 3 is 3.20 bits per heavy atom. The van der Waals surface area contributed by atoms with Crippen molar-refractivity contribution < 1.29 is 9.53 Å². The van der Waals surface area contributed by atoms with Gasteiger partial charge in [0, 0.05) is 37.7 Å². The molecule has 5 nitrogen and oxygen atoms in total. The molecule has 2 rings (SSSR count). The number of carbonyl (C=O) groups is 1. The van der Waals surface area contributed by atoms with E-state index in [1.165, 1.54) is 0 Å². The molecular formula is C14H23N3O2S. The molecule has 1 aromatic rings. The Hall–Kier alpha value is -0.980. The molecule has 1 fully saturated rings. The van der Waals surface area contributed by atoms with Gasteiger partial charge >= 0.3 is 0 Å². The molecule has 0 aliphatic carbocycles. The van der Waals surface area contributed by atoms with Crippen LogP contribution >= 0.6 is 11.3 Å². The minimum Gasteiger partial charge on any atom is -0.372 e. The summed E-state index contributed by atoms with van der Waals surface area (Å²) >= 11 is 1.57. The maximum absolute atomic E-state index is 12.2. The monoisotopic (exact) mass is 297 g/mol. The van der Waals surface area contributed by atoms with Crippen LogP contribution in [0.4, 0.5) is 0 Å². The average molecular weight is 297 g/mol. The summed E-state index contributed by atoms with van der Waals surface area (Å²) in [6, 6.07) is 0.372. The topological polar surface area (TPSA) is 54.5 Å². The molecular weight excluding hydrogens is 274 g/mol. The predicted octanol–water partition coefficient (Wildman–Crippen LogP) is 1.60. The van der Waals surface area contributed by atoms with Gasteiger partial charge in [-0.15, -0.1) is 11.3 Å². The second-order valence-electron chi connectivity index (χ2n) is 5.15. The molecule has 0 unspecified atom stereocenters. The van der Waals surface area contributed by atoms with Gasteiger partial charge in [-0.3, -0.25) is 4.79 Å². The van der Waals surface area contributed by atoms with Gasteiger partial charge in [0.05, 0.1) is 12.1 Å². The number of amides is 1. The first-order valence-corrected chi connectivity index (χ1v) is 8.05. The number of thiazole rings is 1. The highest BCUT2D eigenvalue weighted by Crippen LogP contribution is 2.21. The van der Waals surface area contributed by atoms with E-state index in [0.717, 1.165) is 30.3 Å². The first-order chi connectivity index (χ1) is 9.60. The number of piperazine rings is 1. The summed E-state index contributed by atoms with van der Waals surface area (Å²) in [5, 5.41) is 6.25. The van der Waals surface area contributed by atoms with E-state index >= 15 is 0 Å². The number of ether oxygens (including phenoxy) is 1. The Morgan fingerprint density at radius 1 is 1.70 bits per heavy atom. The number of hydrogen-bond donors (Lipinski definition) is 1. The Labute approximate surface area is 124 Å². The normalized spacial score (nSPS) is 20.9. The summed E-state index contributed by atoms with van der Waals surface area (Å²) in [5.41, 5.74) is 0.854. The average Bonchev–Trinajstić information content (AvgIpc) is 2.87. The number of nitrogens with one attached hydrogen (secondary N) is 1. The molecule has 1 N–H and O–H groups in total. The van der Waals surface area contributed by atoms with Gasteiger partial charge in [-0.25, -0.2) is 4.98 Å². The number of carbonyl (C=O) groups excluding carboxylic acids is 1. The predicted molar refractivity (Wildman–Crippen MR) is 79.9 cm³/mol. The largest absolute Gasteiger partial charge is 0.372 e. The van der Waals surface area contributed by atoms with Crippen LogP contribution in [0.5, 0.6) is 0 Å². The molecule has 0 spiro atoms. The van der Waals surface area contributed by atoms with E-state index in [1.54, 1.807) is 11.3 Å². The van der Waals surface area contributed by atoms with Crippen molar-refractivity contribution in [2.24, 2.45) is 0 Å².